The van der Waals surface area contributed by atoms with E-state index < -0.39 is 4.92 Å². The summed E-state index contributed by atoms with van der Waals surface area (Å²) in [7, 11) is 0. The van der Waals surface area contributed by atoms with Crippen molar-refractivity contribution in [2.45, 2.75) is 6.42 Å². The fourth-order valence-electron chi connectivity index (χ4n) is 1.04. The predicted molar refractivity (Wildman–Crippen MR) is 60.1 cm³/mol. The van der Waals surface area contributed by atoms with Gasteiger partial charge in [-0.2, -0.15) is 5.26 Å². The molecule has 72 valence electrons. The van der Waals surface area contributed by atoms with Crippen molar-refractivity contribution >= 4 is 39.9 Å². The molecule has 0 radical (unpaired) electrons. The Morgan fingerprint density at radius 2 is 2.29 bits per heavy atom. The number of nitrogens with zero attached hydrogens (tertiary/aromatic N) is 2. The molecular weight excluding hydrogens is 318 g/mol. The number of hydrogen-bond acceptors (Lipinski definition) is 3. The molecule has 0 saturated carbocycles. The monoisotopic (exact) mass is 322 g/mol. The number of nitro groups is 1. The number of halogens is 2. The lowest BCUT2D eigenvalue weighted by Crippen LogP contribution is -1.97. The lowest BCUT2D eigenvalue weighted by atomic mass is 10.1. The van der Waals surface area contributed by atoms with E-state index in [1.165, 1.54) is 12.1 Å². The normalized spacial score (nSPS) is 9.50. The van der Waals surface area contributed by atoms with E-state index in [0.717, 1.165) is 0 Å². The molecule has 0 fully saturated rings. The number of nitro benzene ring substituents is 1. The molecule has 0 N–H and O–H groups in total. The number of hydrogen-bond donors (Lipinski definition) is 0. The van der Waals surface area contributed by atoms with Gasteiger partial charge in [0.05, 0.1) is 21.0 Å². The Hall–Kier alpha value is -0.870. The van der Waals surface area contributed by atoms with Crippen LogP contribution in [-0.2, 0) is 6.42 Å². The van der Waals surface area contributed by atoms with E-state index in [2.05, 4.69) is 0 Å². The highest BCUT2D eigenvalue weighted by molar-refractivity contribution is 14.1. The summed E-state index contributed by atoms with van der Waals surface area (Å²) in [6.07, 6.45) is -0.00707. The van der Waals surface area contributed by atoms with Crippen LogP contribution in [0.2, 0.25) is 5.02 Å². The van der Waals surface area contributed by atoms with Gasteiger partial charge in [0.25, 0.3) is 5.69 Å². The zero-order valence-electron chi connectivity index (χ0n) is 6.83. The van der Waals surface area contributed by atoms with Gasteiger partial charge in [0, 0.05) is 10.6 Å². The first-order chi connectivity index (χ1) is 6.56. The molecule has 0 saturated heterocycles. The molecule has 0 atom stereocenters. The molecule has 6 heteroatoms. The summed E-state index contributed by atoms with van der Waals surface area (Å²) >= 11 is 7.56. The summed E-state index contributed by atoms with van der Waals surface area (Å²) in [6.45, 7) is 0. The summed E-state index contributed by atoms with van der Waals surface area (Å²) in [4.78, 5) is 10.2. The van der Waals surface area contributed by atoms with E-state index in [-0.39, 0.29) is 12.1 Å². The smallest absolute Gasteiger partial charge is 0.258 e. The predicted octanol–water partition coefficient (Wildman–Crippen LogP) is 2.92. The number of nitriles is 1. The van der Waals surface area contributed by atoms with E-state index >= 15 is 0 Å². The molecule has 0 bridgehead atoms. The Morgan fingerprint density at radius 3 is 2.79 bits per heavy atom. The molecule has 14 heavy (non-hydrogen) atoms. The maximum absolute atomic E-state index is 10.7. The number of benzene rings is 1. The van der Waals surface area contributed by atoms with Gasteiger partial charge in [-0.3, -0.25) is 10.1 Å². The molecule has 0 aliphatic carbocycles. The standard InChI is InChI=1S/C8H4ClIN2O2/c9-6-3-5(1-2-11)8(12(13)14)7(10)4-6/h3-4H,1H2. The molecule has 1 aromatic carbocycles. The maximum Gasteiger partial charge on any atom is 0.286 e. The zero-order chi connectivity index (χ0) is 10.7. The van der Waals surface area contributed by atoms with Crippen LogP contribution in [0.4, 0.5) is 5.69 Å². The van der Waals surface area contributed by atoms with E-state index in [4.69, 9.17) is 16.9 Å². The fraction of sp³-hybridized carbons (Fsp3) is 0.125. The summed E-state index contributed by atoms with van der Waals surface area (Å²) in [6, 6.07) is 4.82. The minimum Gasteiger partial charge on any atom is -0.258 e. The molecule has 1 rings (SSSR count). The van der Waals surface area contributed by atoms with Crippen molar-refractivity contribution in [2.24, 2.45) is 0 Å². The Bertz CT molecular complexity index is 428. The summed E-state index contributed by atoms with van der Waals surface area (Å²) in [5.41, 5.74) is 0.325. The first-order valence-electron chi connectivity index (χ1n) is 3.55. The van der Waals surface area contributed by atoms with Gasteiger partial charge in [-0.25, -0.2) is 0 Å². The Morgan fingerprint density at radius 1 is 1.64 bits per heavy atom. The van der Waals surface area contributed by atoms with Gasteiger partial charge in [0.15, 0.2) is 0 Å². The average molecular weight is 322 g/mol. The third-order valence-electron chi connectivity index (χ3n) is 1.56. The highest BCUT2D eigenvalue weighted by Gasteiger charge is 2.18. The third-order valence-corrected chi connectivity index (χ3v) is 2.60. The topological polar surface area (TPSA) is 66.9 Å². The lowest BCUT2D eigenvalue weighted by Gasteiger charge is -2.01. The van der Waals surface area contributed by atoms with E-state index in [0.29, 0.717) is 14.2 Å². The maximum atomic E-state index is 10.7. The van der Waals surface area contributed by atoms with Crippen molar-refractivity contribution < 1.29 is 4.92 Å². The van der Waals surface area contributed by atoms with E-state index in [1.54, 1.807) is 0 Å². The summed E-state index contributed by atoms with van der Waals surface area (Å²) in [5, 5.41) is 19.6. The second-order valence-electron chi connectivity index (χ2n) is 2.49. The first kappa shape index (κ1) is 11.2. The second kappa shape index (κ2) is 4.57. The van der Waals surface area contributed by atoms with Gasteiger partial charge >= 0.3 is 0 Å². The Labute approximate surface area is 98.8 Å². The summed E-state index contributed by atoms with van der Waals surface area (Å²) < 4.78 is 0.449. The van der Waals surface area contributed by atoms with Crippen LogP contribution in [0.1, 0.15) is 5.56 Å². The molecule has 1 aromatic rings. The van der Waals surface area contributed by atoms with E-state index in [1.807, 2.05) is 28.7 Å². The van der Waals surface area contributed by atoms with Crippen LogP contribution in [0.5, 0.6) is 0 Å². The van der Waals surface area contributed by atoms with Gasteiger partial charge < -0.3 is 0 Å². The minimum atomic E-state index is -0.495. The second-order valence-corrected chi connectivity index (χ2v) is 4.09. The highest BCUT2D eigenvalue weighted by Crippen LogP contribution is 2.29. The van der Waals surface area contributed by atoms with Gasteiger partial charge in [-0.05, 0) is 34.7 Å². The van der Waals surface area contributed by atoms with Crippen molar-refractivity contribution in [1.82, 2.24) is 0 Å². The van der Waals surface area contributed by atoms with Crippen molar-refractivity contribution in [3.8, 4) is 6.07 Å². The van der Waals surface area contributed by atoms with Crippen LogP contribution in [0, 0.1) is 25.0 Å². The molecule has 0 aromatic heterocycles. The molecule has 0 unspecified atom stereocenters. The molecule has 0 spiro atoms. The van der Waals surface area contributed by atoms with Gasteiger partial charge in [-0.15, -0.1) is 0 Å². The van der Waals surface area contributed by atoms with Gasteiger partial charge in [0.1, 0.15) is 0 Å². The largest absolute Gasteiger partial charge is 0.286 e. The van der Waals surface area contributed by atoms with Crippen LogP contribution >= 0.6 is 34.2 Å². The summed E-state index contributed by atoms with van der Waals surface area (Å²) in [5.74, 6) is 0. The lowest BCUT2D eigenvalue weighted by molar-refractivity contribution is -0.386. The molecule has 0 aliphatic rings. The Balaban J connectivity index is 3.38. The van der Waals surface area contributed by atoms with Gasteiger partial charge in [0.2, 0.25) is 0 Å². The van der Waals surface area contributed by atoms with E-state index in [9.17, 15) is 10.1 Å². The first-order valence-corrected chi connectivity index (χ1v) is 5.01. The number of rotatable bonds is 2. The molecule has 0 aliphatic heterocycles. The zero-order valence-corrected chi connectivity index (χ0v) is 9.74. The quantitative estimate of drug-likeness (QED) is 0.477. The van der Waals surface area contributed by atoms with Crippen molar-refractivity contribution in [3.63, 3.8) is 0 Å². The molecular formula is C8H4ClIN2O2. The van der Waals surface area contributed by atoms with Crippen LogP contribution in [0.15, 0.2) is 12.1 Å². The van der Waals surface area contributed by atoms with Crippen LogP contribution in [0.25, 0.3) is 0 Å². The average Bonchev–Trinajstić information content (AvgIpc) is 2.01. The van der Waals surface area contributed by atoms with Crippen molar-refractivity contribution in [1.29, 1.82) is 5.26 Å². The third kappa shape index (κ3) is 2.33. The van der Waals surface area contributed by atoms with Crippen molar-refractivity contribution in [2.75, 3.05) is 0 Å². The molecule has 0 amide bonds. The van der Waals surface area contributed by atoms with Crippen molar-refractivity contribution in [3.05, 3.63) is 36.4 Å². The molecule has 4 nitrogen and oxygen atoms in total. The highest BCUT2D eigenvalue weighted by atomic mass is 127. The van der Waals surface area contributed by atoms with Crippen LogP contribution in [-0.4, -0.2) is 4.92 Å². The minimum absolute atomic E-state index is 0.00707. The van der Waals surface area contributed by atoms with Crippen LogP contribution in [0.3, 0.4) is 0 Å². The van der Waals surface area contributed by atoms with Gasteiger partial charge in [-0.1, -0.05) is 11.6 Å². The Kier molecular flexibility index (Phi) is 3.66. The SMILES string of the molecule is N#CCc1cc(Cl)cc(I)c1[N+](=O)[O-]. The molecule has 0 heterocycles. The fourth-order valence-corrected chi connectivity index (χ4v) is 2.35. The van der Waals surface area contributed by atoms with Crippen LogP contribution < -0.4 is 0 Å².